The number of hydrogen-bond donors (Lipinski definition) is 0. The van der Waals surface area contributed by atoms with Crippen LogP contribution in [-0.4, -0.2) is 19.0 Å². The normalized spacial score (nSPS) is 10.4. The molecular weight excluding hydrogens is 196 g/mol. The first kappa shape index (κ1) is 11.4. The van der Waals surface area contributed by atoms with Crippen LogP contribution in [0.25, 0.3) is 0 Å². The lowest BCUT2D eigenvalue weighted by molar-refractivity contribution is -0.118. The second-order valence-corrected chi connectivity index (χ2v) is 3.93. The van der Waals surface area contributed by atoms with Gasteiger partial charge in [0.1, 0.15) is 5.78 Å². The van der Waals surface area contributed by atoms with Gasteiger partial charge in [-0.1, -0.05) is 0 Å². The summed E-state index contributed by atoms with van der Waals surface area (Å²) in [5, 5.41) is 4.03. The first-order valence-corrected chi connectivity index (χ1v) is 5.87. The van der Waals surface area contributed by atoms with Crippen molar-refractivity contribution < 1.29 is 9.53 Å². The zero-order valence-electron chi connectivity index (χ0n) is 8.49. The second-order valence-electron chi connectivity index (χ2n) is 3.15. The zero-order valence-corrected chi connectivity index (χ0v) is 9.31. The Kier molecular flexibility index (Phi) is 5.49. The van der Waals surface area contributed by atoms with Gasteiger partial charge >= 0.3 is 0 Å². The van der Waals surface area contributed by atoms with Crippen LogP contribution in [0.4, 0.5) is 0 Å². The number of Topliss-reactive ketones (excluding diaryl/α,β-unsaturated/α-hetero) is 1. The molecule has 0 spiro atoms. The van der Waals surface area contributed by atoms with Gasteiger partial charge in [0.2, 0.25) is 0 Å². The highest BCUT2D eigenvalue weighted by molar-refractivity contribution is 7.07. The molecule has 0 fully saturated rings. The average molecular weight is 212 g/mol. The van der Waals surface area contributed by atoms with Gasteiger partial charge in [-0.05, 0) is 35.7 Å². The highest BCUT2D eigenvalue weighted by Gasteiger charge is 2.03. The van der Waals surface area contributed by atoms with Crippen molar-refractivity contribution >= 4 is 17.1 Å². The lowest BCUT2D eigenvalue weighted by atomic mass is 10.1. The van der Waals surface area contributed by atoms with E-state index in [0.717, 1.165) is 18.6 Å². The fraction of sp³-hybridized carbons (Fsp3) is 0.545. The second kappa shape index (κ2) is 6.74. The molecule has 1 aromatic heterocycles. The highest BCUT2D eigenvalue weighted by atomic mass is 32.1. The Morgan fingerprint density at radius 2 is 2.43 bits per heavy atom. The van der Waals surface area contributed by atoms with Crippen LogP contribution in [0, 0.1) is 0 Å². The van der Waals surface area contributed by atoms with Gasteiger partial charge in [0, 0.05) is 26.1 Å². The molecule has 3 heteroatoms. The largest absolute Gasteiger partial charge is 0.382 e. The first-order valence-electron chi connectivity index (χ1n) is 4.93. The molecule has 2 nitrogen and oxygen atoms in total. The smallest absolute Gasteiger partial charge is 0.137 e. The summed E-state index contributed by atoms with van der Waals surface area (Å²) in [4.78, 5) is 11.4. The maximum Gasteiger partial charge on any atom is 0.137 e. The maximum absolute atomic E-state index is 11.4. The fourth-order valence-corrected chi connectivity index (χ4v) is 1.89. The van der Waals surface area contributed by atoms with Crippen molar-refractivity contribution in [3.05, 3.63) is 22.4 Å². The Hall–Kier alpha value is -0.670. The Morgan fingerprint density at radius 3 is 3.07 bits per heavy atom. The molecule has 0 aromatic carbocycles. The Balaban J connectivity index is 2.11. The fourth-order valence-electron chi connectivity index (χ4n) is 1.23. The van der Waals surface area contributed by atoms with Gasteiger partial charge in [-0.3, -0.25) is 4.79 Å². The van der Waals surface area contributed by atoms with Crippen molar-refractivity contribution in [1.29, 1.82) is 0 Å². The third kappa shape index (κ3) is 4.53. The van der Waals surface area contributed by atoms with E-state index in [9.17, 15) is 4.79 Å². The lowest BCUT2D eigenvalue weighted by Crippen LogP contribution is -2.04. The van der Waals surface area contributed by atoms with Crippen molar-refractivity contribution in [1.82, 2.24) is 0 Å². The van der Waals surface area contributed by atoms with E-state index in [-0.39, 0.29) is 0 Å². The first-order chi connectivity index (χ1) is 6.83. The molecule has 1 aromatic rings. The van der Waals surface area contributed by atoms with Crippen LogP contribution in [0.3, 0.4) is 0 Å². The molecule has 0 aliphatic heterocycles. The highest BCUT2D eigenvalue weighted by Crippen LogP contribution is 2.08. The minimum atomic E-state index is 0.308. The topological polar surface area (TPSA) is 26.3 Å². The molecular formula is C11H16O2S. The van der Waals surface area contributed by atoms with E-state index in [1.54, 1.807) is 11.3 Å². The van der Waals surface area contributed by atoms with Gasteiger partial charge in [-0.15, -0.1) is 0 Å². The monoisotopic (exact) mass is 212 g/mol. The molecule has 0 saturated carbocycles. The summed E-state index contributed by atoms with van der Waals surface area (Å²) in [5.41, 5.74) is 1.14. The molecule has 0 unspecified atom stereocenters. The van der Waals surface area contributed by atoms with Crippen LogP contribution in [-0.2, 0) is 16.0 Å². The molecule has 14 heavy (non-hydrogen) atoms. The van der Waals surface area contributed by atoms with Gasteiger partial charge in [0.25, 0.3) is 0 Å². The summed E-state index contributed by atoms with van der Waals surface area (Å²) in [7, 11) is 0. The van der Waals surface area contributed by atoms with Gasteiger partial charge in [-0.2, -0.15) is 11.3 Å². The SMILES string of the molecule is CCOCCCC(=O)Cc1ccsc1. The summed E-state index contributed by atoms with van der Waals surface area (Å²) in [5.74, 6) is 0.308. The molecule has 1 rings (SSSR count). The minimum Gasteiger partial charge on any atom is -0.382 e. The van der Waals surface area contributed by atoms with E-state index >= 15 is 0 Å². The molecule has 0 radical (unpaired) electrons. The summed E-state index contributed by atoms with van der Waals surface area (Å²) >= 11 is 1.64. The van der Waals surface area contributed by atoms with E-state index in [0.29, 0.717) is 25.2 Å². The van der Waals surface area contributed by atoms with Crippen LogP contribution in [0.2, 0.25) is 0 Å². The van der Waals surface area contributed by atoms with Gasteiger partial charge < -0.3 is 4.74 Å². The van der Waals surface area contributed by atoms with Crippen molar-refractivity contribution in [2.75, 3.05) is 13.2 Å². The van der Waals surface area contributed by atoms with Crippen LogP contribution in [0.15, 0.2) is 16.8 Å². The summed E-state index contributed by atoms with van der Waals surface area (Å²) in [6.07, 6.45) is 2.06. The number of thiophene rings is 1. The molecule has 0 N–H and O–H groups in total. The number of rotatable bonds is 7. The minimum absolute atomic E-state index is 0.308. The lowest BCUT2D eigenvalue weighted by Gasteiger charge is -2.00. The molecule has 0 amide bonds. The predicted molar refractivity (Wildman–Crippen MR) is 58.8 cm³/mol. The Bertz CT molecular complexity index is 254. The van der Waals surface area contributed by atoms with Gasteiger partial charge in [-0.25, -0.2) is 0 Å². The van der Waals surface area contributed by atoms with Crippen molar-refractivity contribution in [3.8, 4) is 0 Å². The van der Waals surface area contributed by atoms with E-state index in [4.69, 9.17) is 4.74 Å². The summed E-state index contributed by atoms with van der Waals surface area (Å²) in [6.45, 7) is 3.40. The molecule has 1 heterocycles. The average Bonchev–Trinajstić information content (AvgIpc) is 2.65. The van der Waals surface area contributed by atoms with E-state index in [1.807, 2.05) is 23.8 Å². The quantitative estimate of drug-likeness (QED) is 0.649. The molecule has 0 bridgehead atoms. The number of ketones is 1. The predicted octanol–water partition coefficient (Wildman–Crippen LogP) is 2.68. The number of carbonyl (C=O) groups excluding carboxylic acids is 1. The standard InChI is InChI=1S/C11H16O2S/c1-2-13-6-3-4-11(12)8-10-5-7-14-9-10/h5,7,9H,2-4,6,8H2,1H3. The number of ether oxygens (including phenoxy) is 1. The Labute approximate surface area is 88.9 Å². The third-order valence-corrected chi connectivity index (χ3v) is 2.66. The van der Waals surface area contributed by atoms with Crippen molar-refractivity contribution in [3.63, 3.8) is 0 Å². The molecule has 78 valence electrons. The summed E-state index contributed by atoms with van der Waals surface area (Å²) < 4.78 is 5.17. The Morgan fingerprint density at radius 1 is 1.57 bits per heavy atom. The number of hydrogen-bond acceptors (Lipinski definition) is 3. The van der Waals surface area contributed by atoms with Crippen LogP contribution in [0.1, 0.15) is 25.3 Å². The maximum atomic E-state index is 11.4. The van der Waals surface area contributed by atoms with Gasteiger partial charge in [0.05, 0.1) is 0 Å². The third-order valence-electron chi connectivity index (χ3n) is 1.93. The van der Waals surface area contributed by atoms with E-state index in [1.165, 1.54) is 0 Å². The van der Waals surface area contributed by atoms with Crippen LogP contribution >= 0.6 is 11.3 Å². The van der Waals surface area contributed by atoms with Crippen LogP contribution in [0.5, 0.6) is 0 Å². The zero-order chi connectivity index (χ0) is 10.2. The van der Waals surface area contributed by atoms with Crippen molar-refractivity contribution in [2.45, 2.75) is 26.2 Å². The van der Waals surface area contributed by atoms with E-state index < -0.39 is 0 Å². The summed E-state index contributed by atoms with van der Waals surface area (Å²) in [6, 6.07) is 2.01. The molecule has 0 aliphatic carbocycles. The van der Waals surface area contributed by atoms with Crippen molar-refractivity contribution in [2.24, 2.45) is 0 Å². The van der Waals surface area contributed by atoms with E-state index in [2.05, 4.69) is 0 Å². The molecule has 0 saturated heterocycles. The van der Waals surface area contributed by atoms with Crippen LogP contribution < -0.4 is 0 Å². The van der Waals surface area contributed by atoms with Gasteiger partial charge in [0.15, 0.2) is 0 Å². The number of carbonyl (C=O) groups is 1. The molecule has 0 aliphatic rings. The molecule has 0 atom stereocenters.